The van der Waals surface area contributed by atoms with Crippen LogP contribution >= 0.6 is 0 Å². The first kappa shape index (κ1) is 15.1. The number of nitrogens with zero attached hydrogens (tertiary/aromatic N) is 2. The summed E-state index contributed by atoms with van der Waals surface area (Å²) in [5.74, 6) is -0.199. The van der Waals surface area contributed by atoms with Gasteiger partial charge < -0.3 is 14.4 Å². The van der Waals surface area contributed by atoms with Gasteiger partial charge in [-0.05, 0) is 50.7 Å². The molecule has 0 aromatic heterocycles. The van der Waals surface area contributed by atoms with E-state index in [9.17, 15) is 4.79 Å². The van der Waals surface area contributed by atoms with E-state index in [0.29, 0.717) is 12.6 Å². The Morgan fingerprint density at radius 1 is 1.22 bits per heavy atom. The molecule has 4 rings (SSSR count). The van der Waals surface area contributed by atoms with Crippen molar-refractivity contribution in [2.45, 2.75) is 32.1 Å². The molecule has 23 heavy (non-hydrogen) atoms. The van der Waals surface area contributed by atoms with E-state index in [1.54, 1.807) is 0 Å². The zero-order valence-electron chi connectivity index (χ0n) is 13.9. The van der Waals surface area contributed by atoms with Crippen molar-refractivity contribution >= 4 is 5.97 Å². The molecule has 0 amide bonds. The molecule has 0 spiro atoms. The van der Waals surface area contributed by atoms with Gasteiger partial charge in [0, 0.05) is 24.7 Å². The topological polar surface area (TPSA) is 42.0 Å². The van der Waals surface area contributed by atoms with Crippen molar-refractivity contribution in [3.63, 3.8) is 0 Å². The monoisotopic (exact) mass is 316 g/mol. The Morgan fingerprint density at radius 2 is 2.09 bits per heavy atom. The predicted octanol–water partition coefficient (Wildman–Crippen LogP) is 1.74. The molecule has 124 valence electrons. The summed E-state index contributed by atoms with van der Waals surface area (Å²) in [4.78, 5) is 16.7. The summed E-state index contributed by atoms with van der Waals surface area (Å²) in [5, 5.41) is 0. The lowest BCUT2D eigenvalue weighted by molar-refractivity contribution is -0.0651. The van der Waals surface area contributed by atoms with Gasteiger partial charge >= 0.3 is 5.97 Å². The second-order valence-corrected chi connectivity index (χ2v) is 6.97. The van der Waals surface area contributed by atoms with E-state index in [1.807, 2.05) is 6.07 Å². The Balaban J connectivity index is 1.57. The molecular formula is C18H24N2O3. The lowest BCUT2D eigenvalue weighted by Gasteiger charge is -2.39. The third kappa shape index (κ3) is 2.67. The number of hydrogen-bond donors (Lipinski definition) is 0. The Kier molecular flexibility index (Phi) is 3.87. The molecule has 0 N–H and O–H groups in total. The van der Waals surface area contributed by atoms with Crippen LogP contribution in [0.15, 0.2) is 12.1 Å². The van der Waals surface area contributed by atoms with Crippen molar-refractivity contribution in [3.05, 3.63) is 34.4 Å². The zero-order valence-corrected chi connectivity index (χ0v) is 13.9. The Bertz CT molecular complexity index is 631. The Labute approximate surface area is 137 Å². The smallest absolute Gasteiger partial charge is 0.338 e. The number of carbonyl (C=O) groups excluding carboxylic acids is 1. The van der Waals surface area contributed by atoms with Crippen molar-refractivity contribution in [2.75, 3.05) is 39.8 Å². The summed E-state index contributed by atoms with van der Waals surface area (Å²) in [5.41, 5.74) is 4.12. The lowest BCUT2D eigenvalue weighted by atomic mass is 9.94. The maximum atomic E-state index is 11.7. The van der Waals surface area contributed by atoms with Crippen LogP contribution in [0.5, 0.6) is 0 Å². The second-order valence-electron chi connectivity index (χ2n) is 6.97. The molecule has 0 radical (unpaired) electrons. The quantitative estimate of drug-likeness (QED) is 0.738. The number of carbonyl (C=O) groups is 1. The first-order valence-electron chi connectivity index (χ1n) is 8.47. The second kappa shape index (κ2) is 5.89. The number of cyclic esters (lactones) is 1. The minimum absolute atomic E-state index is 0.0932. The Morgan fingerprint density at radius 3 is 2.96 bits per heavy atom. The number of hydrogen-bond acceptors (Lipinski definition) is 5. The van der Waals surface area contributed by atoms with Gasteiger partial charge in [0.05, 0.1) is 18.3 Å². The highest BCUT2D eigenvalue weighted by atomic mass is 16.5. The van der Waals surface area contributed by atoms with Crippen LogP contribution < -0.4 is 0 Å². The van der Waals surface area contributed by atoms with Crippen LogP contribution in [-0.2, 0) is 16.1 Å². The van der Waals surface area contributed by atoms with Crippen molar-refractivity contribution in [3.8, 4) is 0 Å². The number of benzene rings is 1. The van der Waals surface area contributed by atoms with Crippen molar-refractivity contribution < 1.29 is 14.3 Å². The van der Waals surface area contributed by atoms with Crippen LogP contribution in [0.4, 0.5) is 0 Å². The standard InChI is InChI=1S/C18H24N2O3/c1-12-14(4-5-15-16(12)11-23-18(15)21)17-9-20-7-3-6-19(2)8-13(20)10-22-17/h4-5,13,17H,3,6-11H2,1-2H3. The number of esters is 1. The van der Waals surface area contributed by atoms with Crippen LogP contribution in [0.3, 0.4) is 0 Å². The molecule has 1 aromatic carbocycles. The van der Waals surface area contributed by atoms with Crippen molar-refractivity contribution in [2.24, 2.45) is 0 Å². The molecule has 2 fully saturated rings. The van der Waals surface area contributed by atoms with Crippen LogP contribution in [0, 0.1) is 6.92 Å². The Hall–Kier alpha value is -1.43. The average Bonchev–Trinajstić information content (AvgIpc) is 2.81. The van der Waals surface area contributed by atoms with Crippen LogP contribution in [0.1, 0.15) is 39.6 Å². The van der Waals surface area contributed by atoms with E-state index < -0.39 is 0 Å². The maximum Gasteiger partial charge on any atom is 0.338 e. The lowest BCUT2D eigenvalue weighted by Crippen LogP contribution is -2.49. The molecule has 0 bridgehead atoms. The van der Waals surface area contributed by atoms with E-state index in [0.717, 1.165) is 49.5 Å². The SMILES string of the molecule is Cc1c(C2CN3CCCN(C)CC3CO2)ccc2c1COC2=O. The van der Waals surface area contributed by atoms with Gasteiger partial charge in [-0.25, -0.2) is 4.79 Å². The molecule has 2 saturated heterocycles. The molecule has 1 aromatic rings. The highest BCUT2D eigenvalue weighted by Gasteiger charge is 2.34. The summed E-state index contributed by atoms with van der Waals surface area (Å²) < 4.78 is 11.4. The van der Waals surface area contributed by atoms with Crippen LogP contribution in [0.2, 0.25) is 0 Å². The van der Waals surface area contributed by atoms with E-state index in [1.165, 1.54) is 12.0 Å². The van der Waals surface area contributed by atoms with Crippen LogP contribution in [-0.4, -0.2) is 61.6 Å². The minimum Gasteiger partial charge on any atom is -0.457 e. The summed E-state index contributed by atoms with van der Waals surface area (Å²) in [7, 11) is 2.19. The molecule has 5 nitrogen and oxygen atoms in total. The van der Waals surface area contributed by atoms with Gasteiger partial charge in [0.2, 0.25) is 0 Å². The fourth-order valence-corrected chi connectivity index (χ4v) is 4.09. The summed E-state index contributed by atoms with van der Waals surface area (Å²) >= 11 is 0. The predicted molar refractivity (Wildman–Crippen MR) is 86.5 cm³/mol. The van der Waals surface area contributed by atoms with E-state index in [4.69, 9.17) is 9.47 Å². The van der Waals surface area contributed by atoms with Gasteiger partial charge in [-0.2, -0.15) is 0 Å². The summed E-state index contributed by atoms with van der Waals surface area (Å²) in [6, 6.07) is 4.45. The normalized spacial score (nSPS) is 28.9. The number of ether oxygens (including phenoxy) is 2. The van der Waals surface area contributed by atoms with Gasteiger partial charge in [-0.1, -0.05) is 6.07 Å². The highest BCUT2D eigenvalue weighted by molar-refractivity contribution is 5.93. The molecule has 0 aliphatic carbocycles. The molecule has 2 unspecified atom stereocenters. The molecule has 2 atom stereocenters. The van der Waals surface area contributed by atoms with E-state index in [-0.39, 0.29) is 12.1 Å². The van der Waals surface area contributed by atoms with Gasteiger partial charge in [0.1, 0.15) is 6.61 Å². The zero-order chi connectivity index (χ0) is 16.0. The van der Waals surface area contributed by atoms with Crippen molar-refractivity contribution in [1.82, 2.24) is 9.80 Å². The molecule has 3 heterocycles. The molecular weight excluding hydrogens is 292 g/mol. The third-order valence-electron chi connectivity index (χ3n) is 5.47. The van der Waals surface area contributed by atoms with Gasteiger partial charge in [-0.3, -0.25) is 4.90 Å². The number of likely N-dealkylation sites (N-methyl/N-ethyl adjacent to an activating group) is 1. The fraction of sp³-hybridized carbons (Fsp3) is 0.611. The molecule has 3 aliphatic heterocycles. The van der Waals surface area contributed by atoms with E-state index >= 15 is 0 Å². The largest absolute Gasteiger partial charge is 0.457 e. The minimum atomic E-state index is -0.199. The molecule has 3 aliphatic rings. The van der Waals surface area contributed by atoms with E-state index in [2.05, 4.69) is 29.8 Å². The number of fused-ring (bicyclic) bond motifs is 2. The molecule has 5 heteroatoms. The third-order valence-corrected chi connectivity index (χ3v) is 5.47. The van der Waals surface area contributed by atoms with Gasteiger partial charge in [0.15, 0.2) is 0 Å². The maximum absolute atomic E-state index is 11.7. The molecule has 0 saturated carbocycles. The fourth-order valence-electron chi connectivity index (χ4n) is 4.09. The van der Waals surface area contributed by atoms with Gasteiger partial charge in [0.25, 0.3) is 0 Å². The average molecular weight is 316 g/mol. The van der Waals surface area contributed by atoms with Crippen LogP contribution in [0.25, 0.3) is 0 Å². The highest BCUT2D eigenvalue weighted by Crippen LogP contribution is 2.33. The number of rotatable bonds is 1. The summed E-state index contributed by atoms with van der Waals surface area (Å²) in [6.07, 6.45) is 1.31. The first-order valence-corrected chi connectivity index (χ1v) is 8.47. The van der Waals surface area contributed by atoms with Gasteiger partial charge in [-0.15, -0.1) is 0 Å². The summed E-state index contributed by atoms with van der Waals surface area (Å²) in [6.45, 7) is 7.58. The van der Waals surface area contributed by atoms with Crippen molar-refractivity contribution in [1.29, 1.82) is 0 Å². The number of morpholine rings is 1. The first-order chi connectivity index (χ1) is 11.1.